The molecular formula is C19H25N3O2S. The van der Waals surface area contributed by atoms with E-state index in [-0.39, 0.29) is 5.91 Å². The maximum absolute atomic E-state index is 12.1. The number of ether oxygens (including phenoxy) is 1. The predicted molar refractivity (Wildman–Crippen MR) is 99.8 cm³/mol. The molecule has 1 amide bonds. The Morgan fingerprint density at radius 1 is 1.24 bits per heavy atom. The second-order valence-electron chi connectivity index (χ2n) is 6.37. The lowest BCUT2D eigenvalue weighted by atomic mass is 10.1. The van der Waals surface area contributed by atoms with E-state index in [1.54, 1.807) is 18.4 Å². The Labute approximate surface area is 153 Å². The fourth-order valence-corrected chi connectivity index (χ4v) is 3.82. The number of benzene rings is 1. The first-order valence-electron chi connectivity index (χ1n) is 8.78. The van der Waals surface area contributed by atoms with Crippen molar-refractivity contribution in [2.75, 3.05) is 20.2 Å². The van der Waals surface area contributed by atoms with Gasteiger partial charge in [-0.15, -0.1) is 11.3 Å². The zero-order valence-electron chi connectivity index (χ0n) is 14.7. The minimum atomic E-state index is 0.00522. The van der Waals surface area contributed by atoms with E-state index in [0.29, 0.717) is 13.0 Å². The lowest BCUT2D eigenvalue weighted by Crippen LogP contribution is -2.29. The highest BCUT2D eigenvalue weighted by Gasteiger charge is 2.13. The molecule has 1 aromatic heterocycles. The number of amides is 1. The summed E-state index contributed by atoms with van der Waals surface area (Å²) in [6.45, 7) is 3.76. The molecule has 2 aromatic rings. The van der Waals surface area contributed by atoms with Gasteiger partial charge in [-0.3, -0.25) is 9.69 Å². The summed E-state index contributed by atoms with van der Waals surface area (Å²) >= 11 is 1.66. The van der Waals surface area contributed by atoms with Crippen LogP contribution in [-0.4, -0.2) is 36.0 Å². The van der Waals surface area contributed by atoms with Crippen LogP contribution in [0.25, 0.3) is 0 Å². The average molecular weight is 359 g/mol. The number of aromatic nitrogens is 1. The molecule has 134 valence electrons. The van der Waals surface area contributed by atoms with Crippen molar-refractivity contribution in [2.24, 2.45) is 0 Å². The van der Waals surface area contributed by atoms with Crippen molar-refractivity contribution in [3.8, 4) is 5.75 Å². The standard InChI is InChI=1S/C19H25N3O2S/c1-24-17-7-5-15(6-8-17)12-20-18(23)11-16-14-25-19(21-16)13-22-9-3-2-4-10-22/h5-8,14H,2-4,9-13H2,1H3,(H,20,23). The van der Waals surface area contributed by atoms with Crippen molar-refractivity contribution < 1.29 is 9.53 Å². The number of carbonyl (C=O) groups excluding carboxylic acids is 1. The minimum absolute atomic E-state index is 0.00522. The first kappa shape index (κ1) is 17.9. The maximum Gasteiger partial charge on any atom is 0.226 e. The van der Waals surface area contributed by atoms with Gasteiger partial charge in [-0.05, 0) is 43.6 Å². The molecule has 6 heteroatoms. The number of rotatable bonds is 7. The molecule has 1 aromatic carbocycles. The van der Waals surface area contributed by atoms with Crippen LogP contribution in [-0.2, 0) is 24.3 Å². The van der Waals surface area contributed by atoms with Crippen LogP contribution in [0.4, 0.5) is 0 Å². The van der Waals surface area contributed by atoms with Crippen LogP contribution in [0.5, 0.6) is 5.75 Å². The zero-order valence-corrected chi connectivity index (χ0v) is 15.5. The molecule has 0 unspecified atom stereocenters. The fraction of sp³-hybridized carbons (Fsp3) is 0.474. The number of thiazole rings is 1. The van der Waals surface area contributed by atoms with Crippen LogP contribution in [0.15, 0.2) is 29.6 Å². The normalized spacial score (nSPS) is 15.1. The van der Waals surface area contributed by atoms with Crippen LogP contribution >= 0.6 is 11.3 Å². The number of piperidine rings is 1. The molecule has 0 atom stereocenters. The molecule has 1 aliphatic heterocycles. The third kappa shape index (κ3) is 5.54. The number of nitrogens with zero attached hydrogens (tertiary/aromatic N) is 2. The molecule has 1 aliphatic rings. The van der Waals surface area contributed by atoms with Crippen LogP contribution in [0.3, 0.4) is 0 Å². The summed E-state index contributed by atoms with van der Waals surface area (Å²) in [5.41, 5.74) is 1.92. The van der Waals surface area contributed by atoms with Crippen LogP contribution < -0.4 is 10.1 Å². The zero-order chi connectivity index (χ0) is 17.5. The topological polar surface area (TPSA) is 54.5 Å². The lowest BCUT2D eigenvalue weighted by molar-refractivity contribution is -0.120. The molecular weight excluding hydrogens is 334 g/mol. The highest BCUT2D eigenvalue weighted by molar-refractivity contribution is 7.09. The quantitative estimate of drug-likeness (QED) is 0.826. The molecule has 2 heterocycles. The Morgan fingerprint density at radius 2 is 2.00 bits per heavy atom. The van der Waals surface area contributed by atoms with Crippen molar-refractivity contribution in [3.63, 3.8) is 0 Å². The molecule has 0 bridgehead atoms. The van der Waals surface area contributed by atoms with Gasteiger partial charge in [0.25, 0.3) is 0 Å². The summed E-state index contributed by atoms with van der Waals surface area (Å²) in [7, 11) is 1.64. The van der Waals surface area contributed by atoms with Gasteiger partial charge >= 0.3 is 0 Å². The molecule has 0 radical (unpaired) electrons. The van der Waals surface area contributed by atoms with E-state index in [0.717, 1.165) is 41.6 Å². The second-order valence-corrected chi connectivity index (χ2v) is 7.31. The van der Waals surface area contributed by atoms with Crippen molar-refractivity contribution in [1.82, 2.24) is 15.2 Å². The summed E-state index contributed by atoms with van der Waals surface area (Å²) in [5.74, 6) is 0.824. The van der Waals surface area contributed by atoms with Gasteiger partial charge in [0.05, 0.1) is 25.8 Å². The Bertz CT molecular complexity index is 678. The Balaban J connectivity index is 1.44. The molecule has 0 aliphatic carbocycles. The van der Waals surface area contributed by atoms with Crippen LogP contribution in [0.2, 0.25) is 0 Å². The number of methoxy groups -OCH3 is 1. The maximum atomic E-state index is 12.1. The Morgan fingerprint density at radius 3 is 2.72 bits per heavy atom. The van der Waals surface area contributed by atoms with Gasteiger partial charge < -0.3 is 10.1 Å². The van der Waals surface area contributed by atoms with Crippen LogP contribution in [0.1, 0.15) is 35.5 Å². The van der Waals surface area contributed by atoms with Gasteiger partial charge in [0.2, 0.25) is 5.91 Å². The third-order valence-corrected chi connectivity index (χ3v) is 5.28. The molecule has 0 spiro atoms. The van der Waals surface area contributed by atoms with Gasteiger partial charge in [-0.2, -0.15) is 0 Å². The third-order valence-electron chi connectivity index (χ3n) is 4.40. The van der Waals surface area contributed by atoms with E-state index in [9.17, 15) is 4.79 Å². The molecule has 1 fully saturated rings. The summed E-state index contributed by atoms with van der Waals surface area (Å²) in [5, 5.41) is 6.07. The summed E-state index contributed by atoms with van der Waals surface area (Å²) in [6.07, 6.45) is 4.25. The van der Waals surface area contributed by atoms with Crippen molar-refractivity contribution in [2.45, 2.75) is 38.8 Å². The molecule has 5 nitrogen and oxygen atoms in total. The van der Waals surface area contributed by atoms with E-state index in [4.69, 9.17) is 4.74 Å². The van der Waals surface area contributed by atoms with Crippen molar-refractivity contribution in [1.29, 1.82) is 0 Å². The largest absolute Gasteiger partial charge is 0.497 e. The first-order valence-corrected chi connectivity index (χ1v) is 9.66. The monoisotopic (exact) mass is 359 g/mol. The number of nitrogens with one attached hydrogen (secondary N) is 1. The lowest BCUT2D eigenvalue weighted by Gasteiger charge is -2.25. The van der Waals surface area contributed by atoms with Gasteiger partial charge in [-0.25, -0.2) is 4.98 Å². The van der Waals surface area contributed by atoms with Gasteiger partial charge in [0, 0.05) is 11.9 Å². The van der Waals surface area contributed by atoms with Crippen molar-refractivity contribution >= 4 is 17.2 Å². The van der Waals surface area contributed by atoms with E-state index in [1.807, 2.05) is 29.6 Å². The Hall–Kier alpha value is -1.92. The van der Waals surface area contributed by atoms with Gasteiger partial charge in [-0.1, -0.05) is 18.6 Å². The molecule has 3 rings (SSSR count). The summed E-state index contributed by atoms with van der Waals surface area (Å²) in [4.78, 5) is 19.2. The minimum Gasteiger partial charge on any atom is -0.497 e. The first-order chi connectivity index (χ1) is 12.2. The summed E-state index contributed by atoms with van der Waals surface area (Å²) < 4.78 is 5.13. The predicted octanol–water partition coefficient (Wildman–Crippen LogP) is 3.00. The van der Waals surface area contributed by atoms with E-state index in [1.165, 1.54) is 19.3 Å². The van der Waals surface area contributed by atoms with E-state index < -0.39 is 0 Å². The van der Waals surface area contributed by atoms with E-state index >= 15 is 0 Å². The SMILES string of the molecule is COc1ccc(CNC(=O)Cc2csc(CN3CCCCC3)n2)cc1. The fourth-order valence-electron chi connectivity index (χ4n) is 2.98. The highest BCUT2D eigenvalue weighted by Crippen LogP contribution is 2.17. The number of hydrogen-bond acceptors (Lipinski definition) is 5. The molecule has 25 heavy (non-hydrogen) atoms. The highest BCUT2D eigenvalue weighted by atomic mass is 32.1. The molecule has 1 saturated heterocycles. The van der Waals surface area contributed by atoms with Crippen LogP contribution in [0, 0.1) is 0 Å². The smallest absolute Gasteiger partial charge is 0.226 e. The second kappa shape index (κ2) is 8.97. The molecule has 0 saturated carbocycles. The summed E-state index contributed by atoms with van der Waals surface area (Å²) in [6, 6.07) is 7.71. The van der Waals surface area contributed by atoms with E-state index in [2.05, 4.69) is 15.2 Å². The number of likely N-dealkylation sites (tertiary alicyclic amines) is 1. The number of hydrogen-bond donors (Lipinski definition) is 1. The average Bonchev–Trinajstić information content (AvgIpc) is 3.08. The molecule has 1 N–H and O–H groups in total. The van der Waals surface area contributed by atoms with Gasteiger partial charge in [0.15, 0.2) is 0 Å². The number of carbonyl (C=O) groups is 1. The Kier molecular flexibility index (Phi) is 6.42. The van der Waals surface area contributed by atoms with Crippen molar-refractivity contribution in [3.05, 3.63) is 45.9 Å². The van der Waals surface area contributed by atoms with Gasteiger partial charge in [0.1, 0.15) is 10.8 Å².